The van der Waals surface area contributed by atoms with Gasteiger partial charge in [0.05, 0.1) is 5.52 Å². The van der Waals surface area contributed by atoms with Crippen molar-refractivity contribution in [1.29, 1.82) is 0 Å². The van der Waals surface area contributed by atoms with E-state index < -0.39 is 0 Å². The zero-order valence-corrected chi connectivity index (χ0v) is 10.4. The second kappa shape index (κ2) is 4.27. The quantitative estimate of drug-likeness (QED) is 0.581. The lowest BCUT2D eigenvalue weighted by molar-refractivity contribution is 1.14. The first-order valence-electron chi connectivity index (χ1n) is 6.18. The Bertz CT molecular complexity index is 849. The standard InChI is InChI=1S/C14H10N6/c1-2-4-10-9(3-1)11(12-15-5-6-16-12)20-14(19-10)13-17-7-8-18-13/h1-8H,(H,15,16)(H,17,18). The van der Waals surface area contributed by atoms with Crippen LogP contribution >= 0.6 is 0 Å². The van der Waals surface area contributed by atoms with Crippen LogP contribution in [-0.4, -0.2) is 29.9 Å². The van der Waals surface area contributed by atoms with Crippen molar-refractivity contribution >= 4 is 10.9 Å². The molecule has 0 aliphatic heterocycles. The molecule has 96 valence electrons. The van der Waals surface area contributed by atoms with Crippen LogP contribution in [0.5, 0.6) is 0 Å². The van der Waals surface area contributed by atoms with Gasteiger partial charge in [-0.15, -0.1) is 0 Å². The van der Waals surface area contributed by atoms with Crippen LogP contribution in [0.25, 0.3) is 34.1 Å². The Labute approximate surface area is 114 Å². The summed E-state index contributed by atoms with van der Waals surface area (Å²) in [5, 5.41) is 0.956. The van der Waals surface area contributed by atoms with Crippen molar-refractivity contribution in [2.24, 2.45) is 0 Å². The number of hydrogen-bond donors (Lipinski definition) is 2. The van der Waals surface area contributed by atoms with Crippen molar-refractivity contribution < 1.29 is 0 Å². The predicted molar refractivity (Wildman–Crippen MR) is 74.7 cm³/mol. The highest BCUT2D eigenvalue weighted by molar-refractivity contribution is 5.91. The summed E-state index contributed by atoms with van der Waals surface area (Å²) in [6.45, 7) is 0. The van der Waals surface area contributed by atoms with E-state index in [2.05, 4.69) is 29.9 Å². The van der Waals surface area contributed by atoms with Gasteiger partial charge < -0.3 is 9.97 Å². The topological polar surface area (TPSA) is 83.1 Å². The molecule has 3 aromatic heterocycles. The van der Waals surface area contributed by atoms with E-state index >= 15 is 0 Å². The van der Waals surface area contributed by atoms with Crippen LogP contribution in [0.15, 0.2) is 49.1 Å². The molecular formula is C14H10N6. The van der Waals surface area contributed by atoms with E-state index in [1.54, 1.807) is 24.8 Å². The minimum Gasteiger partial charge on any atom is -0.343 e. The first-order valence-corrected chi connectivity index (χ1v) is 6.18. The van der Waals surface area contributed by atoms with Gasteiger partial charge in [-0.05, 0) is 6.07 Å². The van der Waals surface area contributed by atoms with Gasteiger partial charge in [0.1, 0.15) is 5.69 Å². The molecule has 6 nitrogen and oxygen atoms in total. The largest absolute Gasteiger partial charge is 0.343 e. The summed E-state index contributed by atoms with van der Waals surface area (Å²) >= 11 is 0. The monoisotopic (exact) mass is 262 g/mol. The fourth-order valence-electron chi connectivity index (χ4n) is 2.15. The molecule has 3 heterocycles. The summed E-state index contributed by atoms with van der Waals surface area (Å²) < 4.78 is 0. The van der Waals surface area contributed by atoms with E-state index in [4.69, 9.17) is 0 Å². The van der Waals surface area contributed by atoms with Gasteiger partial charge in [0, 0.05) is 30.2 Å². The van der Waals surface area contributed by atoms with Crippen LogP contribution in [0.1, 0.15) is 0 Å². The molecule has 4 rings (SSSR count). The Hall–Kier alpha value is -3.02. The van der Waals surface area contributed by atoms with E-state index in [0.717, 1.165) is 22.4 Å². The third-order valence-corrected chi connectivity index (χ3v) is 3.04. The minimum absolute atomic E-state index is 0.556. The second-order valence-corrected chi connectivity index (χ2v) is 4.29. The fourth-order valence-corrected chi connectivity index (χ4v) is 2.15. The normalized spacial score (nSPS) is 11.0. The van der Waals surface area contributed by atoms with Crippen LogP contribution < -0.4 is 0 Å². The molecule has 0 fully saturated rings. The first kappa shape index (κ1) is 10.9. The highest BCUT2D eigenvalue weighted by Gasteiger charge is 2.13. The van der Waals surface area contributed by atoms with Crippen molar-refractivity contribution in [2.45, 2.75) is 0 Å². The highest BCUT2D eigenvalue weighted by atomic mass is 15.0. The smallest absolute Gasteiger partial charge is 0.196 e. The first-order chi connectivity index (χ1) is 9.92. The predicted octanol–water partition coefficient (Wildman–Crippen LogP) is 2.41. The van der Waals surface area contributed by atoms with Crippen molar-refractivity contribution in [3.63, 3.8) is 0 Å². The number of rotatable bonds is 2. The zero-order chi connectivity index (χ0) is 13.4. The number of para-hydroxylation sites is 1. The van der Waals surface area contributed by atoms with Gasteiger partial charge in [0.25, 0.3) is 0 Å². The number of benzene rings is 1. The number of aromatic amines is 2. The molecule has 20 heavy (non-hydrogen) atoms. The lowest BCUT2D eigenvalue weighted by Gasteiger charge is -2.05. The molecule has 0 atom stereocenters. The average molecular weight is 262 g/mol. The number of nitrogens with one attached hydrogen (secondary N) is 2. The number of hydrogen-bond acceptors (Lipinski definition) is 4. The van der Waals surface area contributed by atoms with Crippen LogP contribution in [0, 0.1) is 0 Å². The third kappa shape index (κ3) is 1.66. The lowest BCUT2D eigenvalue weighted by Crippen LogP contribution is -1.97. The summed E-state index contributed by atoms with van der Waals surface area (Å²) in [5.74, 6) is 1.92. The molecule has 0 saturated carbocycles. The molecule has 0 aliphatic carbocycles. The molecular weight excluding hydrogens is 252 g/mol. The summed E-state index contributed by atoms with van der Waals surface area (Å²) in [4.78, 5) is 23.7. The molecule has 6 heteroatoms. The summed E-state index contributed by atoms with van der Waals surface area (Å²) in [6, 6.07) is 7.85. The van der Waals surface area contributed by atoms with Gasteiger partial charge in [0.15, 0.2) is 17.5 Å². The molecule has 2 N–H and O–H groups in total. The van der Waals surface area contributed by atoms with E-state index in [1.165, 1.54) is 0 Å². The molecule has 0 saturated heterocycles. The van der Waals surface area contributed by atoms with Crippen molar-refractivity contribution in [3.8, 4) is 23.2 Å². The van der Waals surface area contributed by atoms with Crippen LogP contribution in [0.2, 0.25) is 0 Å². The van der Waals surface area contributed by atoms with Crippen molar-refractivity contribution in [1.82, 2.24) is 29.9 Å². The maximum atomic E-state index is 4.59. The maximum Gasteiger partial charge on any atom is 0.196 e. The molecule has 1 aromatic carbocycles. The van der Waals surface area contributed by atoms with E-state index in [1.807, 2.05) is 24.3 Å². The maximum absolute atomic E-state index is 4.59. The lowest BCUT2D eigenvalue weighted by atomic mass is 10.1. The number of aromatic nitrogens is 6. The van der Waals surface area contributed by atoms with Crippen LogP contribution in [0.3, 0.4) is 0 Å². The second-order valence-electron chi connectivity index (χ2n) is 4.29. The minimum atomic E-state index is 0.556. The SMILES string of the molecule is c1ccc2c(-c3ncc[nH]3)nc(-c3ncc[nH]3)nc2c1. The number of nitrogens with zero attached hydrogens (tertiary/aromatic N) is 4. The number of H-pyrrole nitrogens is 2. The van der Waals surface area contributed by atoms with Crippen LogP contribution in [-0.2, 0) is 0 Å². The van der Waals surface area contributed by atoms with Gasteiger partial charge in [-0.25, -0.2) is 19.9 Å². The molecule has 0 spiro atoms. The summed E-state index contributed by atoms with van der Waals surface area (Å²) in [5.41, 5.74) is 1.63. The van der Waals surface area contributed by atoms with Gasteiger partial charge in [-0.3, -0.25) is 0 Å². The molecule has 0 amide bonds. The van der Waals surface area contributed by atoms with E-state index in [9.17, 15) is 0 Å². The fraction of sp³-hybridized carbons (Fsp3) is 0. The molecule has 0 radical (unpaired) electrons. The zero-order valence-electron chi connectivity index (χ0n) is 10.4. The number of imidazole rings is 2. The van der Waals surface area contributed by atoms with E-state index in [0.29, 0.717) is 11.6 Å². The average Bonchev–Trinajstić information content (AvgIpc) is 3.19. The van der Waals surface area contributed by atoms with Gasteiger partial charge in [-0.2, -0.15) is 0 Å². The highest BCUT2D eigenvalue weighted by Crippen LogP contribution is 2.25. The Balaban J connectivity index is 2.05. The van der Waals surface area contributed by atoms with Crippen LogP contribution in [0.4, 0.5) is 0 Å². The summed E-state index contributed by atoms with van der Waals surface area (Å²) in [6.07, 6.45) is 6.92. The Kier molecular flexibility index (Phi) is 2.32. The van der Waals surface area contributed by atoms with E-state index in [-0.39, 0.29) is 0 Å². The molecule has 0 aliphatic rings. The van der Waals surface area contributed by atoms with Crippen molar-refractivity contribution in [3.05, 3.63) is 49.1 Å². The van der Waals surface area contributed by atoms with Gasteiger partial charge >= 0.3 is 0 Å². The Morgan fingerprint density at radius 2 is 1.55 bits per heavy atom. The van der Waals surface area contributed by atoms with Crippen molar-refractivity contribution in [2.75, 3.05) is 0 Å². The molecule has 4 aromatic rings. The Morgan fingerprint density at radius 3 is 2.30 bits per heavy atom. The van der Waals surface area contributed by atoms with Gasteiger partial charge in [0.2, 0.25) is 0 Å². The molecule has 0 unspecified atom stereocenters. The van der Waals surface area contributed by atoms with Gasteiger partial charge in [-0.1, -0.05) is 18.2 Å². The number of fused-ring (bicyclic) bond motifs is 1. The summed E-state index contributed by atoms with van der Waals surface area (Å²) in [7, 11) is 0. The molecule has 0 bridgehead atoms. The Morgan fingerprint density at radius 1 is 0.800 bits per heavy atom. The third-order valence-electron chi connectivity index (χ3n) is 3.04.